The van der Waals surface area contributed by atoms with E-state index in [1.54, 1.807) is 7.11 Å². The van der Waals surface area contributed by atoms with E-state index in [4.69, 9.17) is 14.2 Å². The van der Waals surface area contributed by atoms with Gasteiger partial charge in [-0.2, -0.15) is 0 Å². The lowest BCUT2D eigenvalue weighted by Gasteiger charge is -2.48. The van der Waals surface area contributed by atoms with Gasteiger partial charge < -0.3 is 24.4 Å². The lowest BCUT2D eigenvalue weighted by molar-refractivity contribution is -0.275. The highest BCUT2D eigenvalue weighted by molar-refractivity contribution is 5.28. The van der Waals surface area contributed by atoms with Crippen LogP contribution in [0.5, 0.6) is 5.75 Å². The van der Waals surface area contributed by atoms with Gasteiger partial charge in [-0.1, -0.05) is 24.0 Å². The van der Waals surface area contributed by atoms with Gasteiger partial charge in [-0.25, -0.2) is 0 Å². The third kappa shape index (κ3) is 3.04. The van der Waals surface area contributed by atoms with Crippen molar-refractivity contribution in [3.8, 4) is 17.6 Å². The minimum absolute atomic E-state index is 0.118. The zero-order valence-electron chi connectivity index (χ0n) is 14.4. The Morgan fingerprint density at radius 2 is 2.00 bits per heavy atom. The minimum Gasteiger partial charge on any atom is -0.497 e. The summed E-state index contributed by atoms with van der Waals surface area (Å²) in [7, 11) is 1.63. The van der Waals surface area contributed by atoms with Gasteiger partial charge in [-0.3, -0.25) is 0 Å². The average Bonchev–Trinajstić information content (AvgIpc) is 3.20. The second-order valence-electron chi connectivity index (χ2n) is 7.17. The first-order valence-electron chi connectivity index (χ1n) is 8.89. The molecule has 2 aliphatic carbocycles. The molecule has 2 saturated carbocycles. The minimum atomic E-state index is -0.744. The molecule has 3 aliphatic rings. The molecule has 3 fully saturated rings. The molecule has 134 valence electrons. The molecule has 5 heteroatoms. The molecule has 5 unspecified atom stereocenters. The molecule has 0 bridgehead atoms. The number of ether oxygens (including phenoxy) is 3. The summed E-state index contributed by atoms with van der Waals surface area (Å²) in [5.74, 6) is 6.64. The highest BCUT2D eigenvalue weighted by Gasteiger charge is 2.64. The third-order valence-electron chi connectivity index (χ3n) is 5.76. The van der Waals surface area contributed by atoms with Crippen molar-refractivity contribution in [2.45, 2.75) is 37.3 Å². The van der Waals surface area contributed by atoms with Gasteiger partial charge >= 0.3 is 0 Å². The van der Waals surface area contributed by atoms with Crippen LogP contribution in [0.25, 0.3) is 0 Å². The number of aliphatic hydroxyl groups excluding tert-OH is 2. The van der Waals surface area contributed by atoms with Crippen LogP contribution in [0.15, 0.2) is 24.3 Å². The van der Waals surface area contributed by atoms with Gasteiger partial charge in [0.05, 0.1) is 26.4 Å². The van der Waals surface area contributed by atoms with E-state index in [1.807, 2.05) is 24.3 Å². The van der Waals surface area contributed by atoms with Crippen molar-refractivity contribution < 1.29 is 24.4 Å². The molecule has 1 aromatic carbocycles. The molecular formula is C20H24O5. The second kappa shape index (κ2) is 6.62. The van der Waals surface area contributed by atoms with Crippen molar-refractivity contribution >= 4 is 0 Å². The van der Waals surface area contributed by atoms with E-state index < -0.39 is 18.0 Å². The van der Waals surface area contributed by atoms with E-state index in [1.165, 1.54) is 0 Å². The van der Waals surface area contributed by atoms with E-state index in [0.29, 0.717) is 19.6 Å². The fourth-order valence-corrected chi connectivity index (χ4v) is 4.40. The highest BCUT2D eigenvalue weighted by Crippen LogP contribution is 2.58. The summed E-state index contributed by atoms with van der Waals surface area (Å²) in [4.78, 5) is 0. The van der Waals surface area contributed by atoms with Crippen LogP contribution in [0.1, 0.15) is 18.4 Å². The summed E-state index contributed by atoms with van der Waals surface area (Å²) in [5, 5.41) is 20.7. The van der Waals surface area contributed by atoms with E-state index in [2.05, 4.69) is 11.8 Å². The highest BCUT2D eigenvalue weighted by atomic mass is 16.7. The van der Waals surface area contributed by atoms with Crippen molar-refractivity contribution in [2.75, 3.05) is 20.3 Å². The maximum absolute atomic E-state index is 10.5. The molecule has 5 nitrogen and oxygen atoms in total. The molecule has 1 heterocycles. The Kier molecular flexibility index (Phi) is 4.47. The van der Waals surface area contributed by atoms with Crippen molar-refractivity contribution in [1.29, 1.82) is 0 Å². The number of rotatable bonds is 3. The fourth-order valence-electron chi connectivity index (χ4n) is 4.40. The Morgan fingerprint density at radius 3 is 2.68 bits per heavy atom. The predicted molar refractivity (Wildman–Crippen MR) is 90.8 cm³/mol. The van der Waals surface area contributed by atoms with E-state index in [-0.39, 0.29) is 17.8 Å². The van der Waals surface area contributed by atoms with E-state index in [0.717, 1.165) is 24.2 Å². The van der Waals surface area contributed by atoms with Crippen LogP contribution in [0, 0.1) is 29.6 Å². The molecule has 4 rings (SSSR count). The van der Waals surface area contributed by atoms with Crippen LogP contribution >= 0.6 is 0 Å². The number of methoxy groups -OCH3 is 1. The van der Waals surface area contributed by atoms with Crippen LogP contribution in [0.4, 0.5) is 0 Å². The lowest BCUT2D eigenvalue weighted by atomic mass is 9.69. The van der Waals surface area contributed by atoms with Crippen molar-refractivity contribution in [2.24, 2.45) is 17.8 Å². The average molecular weight is 344 g/mol. The zero-order chi connectivity index (χ0) is 17.4. The molecule has 1 saturated heterocycles. The van der Waals surface area contributed by atoms with Crippen molar-refractivity contribution in [3.63, 3.8) is 0 Å². The van der Waals surface area contributed by atoms with Gasteiger partial charge in [0.1, 0.15) is 11.9 Å². The molecule has 1 spiro atoms. The van der Waals surface area contributed by atoms with Gasteiger partial charge in [0.2, 0.25) is 0 Å². The van der Waals surface area contributed by atoms with E-state index in [9.17, 15) is 10.2 Å². The summed E-state index contributed by atoms with van der Waals surface area (Å²) >= 11 is 0. The molecule has 1 aromatic rings. The number of hydrogen-bond donors (Lipinski definition) is 2. The monoisotopic (exact) mass is 344 g/mol. The molecule has 0 radical (unpaired) electrons. The van der Waals surface area contributed by atoms with Gasteiger partial charge in [0.15, 0.2) is 5.79 Å². The topological polar surface area (TPSA) is 68.2 Å². The normalized spacial score (nSPS) is 33.2. The third-order valence-corrected chi connectivity index (χ3v) is 5.76. The maximum Gasteiger partial charge on any atom is 0.172 e. The van der Waals surface area contributed by atoms with Gasteiger partial charge in [0, 0.05) is 24.7 Å². The van der Waals surface area contributed by atoms with Crippen molar-refractivity contribution in [1.82, 2.24) is 0 Å². The Balaban J connectivity index is 1.36. The number of fused-ring (bicyclic) bond motifs is 2. The largest absolute Gasteiger partial charge is 0.497 e. The van der Waals surface area contributed by atoms with Gasteiger partial charge in [-0.05, 0) is 30.0 Å². The maximum atomic E-state index is 10.5. The van der Waals surface area contributed by atoms with Crippen molar-refractivity contribution in [3.05, 3.63) is 29.8 Å². The summed E-state index contributed by atoms with van der Waals surface area (Å²) < 4.78 is 16.7. The molecule has 5 atom stereocenters. The smallest absolute Gasteiger partial charge is 0.172 e. The first-order chi connectivity index (χ1) is 12.1. The number of benzene rings is 1. The van der Waals surface area contributed by atoms with Crippen LogP contribution < -0.4 is 4.74 Å². The summed E-state index contributed by atoms with van der Waals surface area (Å²) in [6.45, 7) is 1.27. The Bertz CT molecular complexity index is 668. The summed E-state index contributed by atoms with van der Waals surface area (Å²) in [6.07, 6.45) is 0.790. The second-order valence-corrected chi connectivity index (χ2v) is 7.17. The van der Waals surface area contributed by atoms with E-state index >= 15 is 0 Å². The number of hydrogen-bond acceptors (Lipinski definition) is 5. The van der Waals surface area contributed by atoms with Crippen LogP contribution in [0.3, 0.4) is 0 Å². The molecule has 1 aliphatic heterocycles. The molecule has 0 amide bonds. The SMILES string of the molecule is COc1ccc(CC(O)C#CC2CC3C(CC34OCCO4)C2O)cc1. The zero-order valence-corrected chi connectivity index (χ0v) is 14.4. The van der Waals surface area contributed by atoms with Gasteiger partial charge in [0.25, 0.3) is 0 Å². The standard InChI is InChI=1S/C20H24O5/c1-23-16-6-2-13(3-7-16)10-15(21)5-4-14-11-18-17(19(14)22)12-20(18)24-8-9-25-20/h2-3,6-7,14-15,17-19,21-22H,8-12H2,1H3. The van der Waals surface area contributed by atoms with Crippen LogP contribution in [-0.2, 0) is 15.9 Å². The molecule has 0 aromatic heterocycles. The van der Waals surface area contributed by atoms with Crippen LogP contribution in [-0.4, -0.2) is 48.5 Å². The Labute approximate surface area is 147 Å². The molecular weight excluding hydrogens is 320 g/mol. The first kappa shape index (κ1) is 16.9. The lowest BCUT2D eigenvalue weighted by Crippen LogP contribution is -2.54. The molecule has 25 heavy (non-hydrogen) atoms. The fraction of sp³-hybridized carbons (Fsp3) is 0.600. The number of aliphatic hydroxyl groups is 2. The quantitative estimate of drug-likeness (QED) is 0.811. The van der Waals surface area contributed by atoms with Gasteiger partial charge in [-0.15, -0.1) is 0 Å². The molecule has 2 N–H and O–H groups in total. The first-order valence-corrected chi connectivity index (χ1v) is 8.89. The Hall–Kier alpha value is -1.58. The summed E-state index contributed by atoms with van der Waals surface area (Å²) in [6, 6.07) is 7.59. The summed E-state index contributed by atoms with van der Waals surface area (Å²) in [5.41, 5.74) is 1.00. The van der Waals surface area contributed by atoms with Crippen LogP contribution in [0.2, 0.25) is 0 Å². The predicted octanol–water partition coefficient (Wildman–Crippen LogP) is 1.36. The Morgan fingerprint density at radius 1 is 1.28 bits per heavy atom.